The largest absolute Gasteiger partial charge is 0.497 e. The summed E-state index contributed by atoms with van der Waals surface area (Å²) in [5.74, 6) is 2.36. The van der Waals surface area contributed by atoms with Crippen LogP contribution >= 0.6 is 0 Å². The summed E-state index contributed by atoms with van der Waals surface area (Å²) in [7, 11) is 3.42. The average Bonchev–Trinajstić information content (AvgIpc) is 2.69. The predicted molar refractivity (Wildman–Crippen MR) is 105 cm³/mol. The molecule has 1 unspecified atom stereocenters. The van der Waals surface area contributed by atoms with E-state index < -0.39 is 0 Å². The molecule has 1 N–H and O–H groups in total. The van der Waals surface area contributed by atoms with Crippen LogP contribution in [0.25, 0.3) is 0 Å². The van der Waals surface area contributed by atoms with Gasteiger partial charge in [0.2, 0.25) is 0 Å². The Morgan fingerprint density at radius 2 is 1.89 bits per heavy atom. The van der Waals surface area contributed by atoms with E-state index in [2.05, 4.69) is 15.2 Å². The van der Waals surface area contributed by atoms with Gasteiger partial charge >= 0.3 is 5.97 Å². The third kappa shape index (κ3) is 6.34. The third-order valence-electron chi connectivity index (χ3n) is 4.57. The summed E-state index contributed by atoms with van der Waals surface area (Å²) in [5, 5.41) is 3.36. The van der Waals surface area contributed by atoms with Crippen LogP contribution < -0.4 is 14.8 Å². The van der Waals surface area contributed by atoms with Gasteiger partial charge in [0.1, 0.15) is 17.6 Å². The molecule has 7 heteroatoms. The van der Waals surface area contributed by atoms with Crippen LogP contribution in [0.5, 0.6) is 11.5 Å². The zero-order chi connectivity index (χ0) is 19.6. The Labute approximate surface area is 161 Å². The van der Waals surface area contributed by atoms with Gasteiger partial charge in [-0.25, -0.2) is 0 Å². The van der Waals surface area contributed by atoms with Crippen molar-refractivity contribution in [3.63, 3.8) is 0 Å². The highest BCUT2D eigenvalue weighted by Gasteiger charge is 2.27. The maximum atomic E-state index is 11.9. The number of nitrogens with one attached hydrogen (secondary N) is 1. The molecule has 1 aromatic carbocycles. The van der Waals surface area contributed by atoms with Crippen LogP contribution in [0.2, 0.25) is 0 Å². The van der Waals surface area contributed by atoms with Crippen LogP contribution in [0.15, 0.2) is 29.3 Å². The van der Waals surface area contributed by atoms with Gasteiger partial charge in [-0.05, 0) is 51.0 Å². The van der Waals surface area contributed by atoms with E-state index in [1.165, 1.54) is 0 Å². The summed E-state index contributed by atoms with van der Waals surface area (Å²) in [6, 6.07) is 7.54. The standard InChI is InChI=1S/C20H31N3O4/c1-5-26-19(24)16-10-12-23(13-11-16)20(21-3)22-14-15(2)27-18-8-6-17(25-4)7-9-18/h6-9,15-16H,5,10-14H2,1-4H3,(H,21,22). The lowest BCUT2D eigenvalue weighted by atomic mass is 9.97. The van der Waals surface area contributed by atoms with Crippen LogP contribution in [0.1, 0.15) is 26.7 Å². The number of hydrogen-bond donors (Lipinski definition) is 1. The Balaban J connectivity index is 1.77. The Morgan fingerprint density at radius 1 is 1.26 bits per heavy atom. The molecule has 0 radical (unpaired) electrons. The van der Waals surface area contributed by atoms with Gasteiger partial charge < -0.3 is 24.4 Å². The smallest absolute Gasteiger partial charge is 0.309 e. The van der Waals surface area contributed by atoms with Crippen molar-refractivity contribution in [3.05, 3.63) is 24.3 Å². The zero-order valence-corrected chi connectivity index (χ0v) is 16.7. The third-order valence-corrected chi connectivity index (χ3v) is 4.57. The minimum Gasteiger partial charge on any atom is -0.497 e. The average molecular weight is 377 g/mol. The van der Waals surface area contributed by atoms with Crippen LogP contribution in [0.4, 0.5) is 0 Å². The molecule has 27 heavy (non-hydrogen) atoms. The number of nitrogens with zero attached hydrogens (tertiary/aromatic N) is 2. The van der Waals surface area contributed by atoms with E-state index in [-0.39, 0.29) is 18.0 Å². The summed E-state index contributed by atoms with van der Waals surface area (Å²) in [5.41, 5.74) is 0. The zero-order valence-electron chi connectivity index (χ0n) is 16.7. The lowest BCUT2D eigenvalue weighted by Gasteiger charge is -2.33. The van der Waals surface area contributed by atoms with Crippen molar-refractivity contribution in [1.82, 2.24) is 10.2 Å². The van der Waals surface area contributed by atoms with Crippen LogP contribution in [0, 0.1) is 5.92 Å². The number of carbonyl (C=O) groups is 1. The molecule has 1 heterocycles. The fourth-order valence-corrected chi connectivity index (χ4v) is 3.08. The number of ether oxygens (including phenoxy) is 3. The number of guanidine groups is 1. The summed E-state index contributed by atoms with van der Waals surface area (Å²) in [4.78, 5) is 18.4. The molecule has 0 amide bonds. The Hall–Kier alpha value is -2.44. The van der Waals surface area contributed by atoms with E-state index in [9.17, 15) is 4.79 Å². The fraction of sp³-hybridized carbons (Fsp3) is 0.600. The van der Waals surface area contributed by atoms with E-state index in [0.717, 1.165) is 43.4 Å². The molecule has 7 nitrogen and oxygen atoms in total. The molecule has 1 fully saturated rings. The monoisotopic (exact) mass is 377 g/mol. The number of piperidine rings is 1. The summed E-state index contributed by atoms with van der Waals surface area (Å²) in [6.07, 6.45) is 1.56. The number of methoxy groups -OCH3 is 1. The lowest BCUT2D eigenvalue weighted by molar-refractivity contribution is -0.149. The van der Waals surface area contributed by atoms with Crippen LogP contribution in [-0.2, 0) is 9.53 Å². The van der Waals surface area contributed by atoms with Gasteiger partial charge in [0.05, 0.1) is 26.2 Å². The van der Waals surface area contributed by atoms with Crippen molar-refractivity contribution < 1.29 is 19.0 Å². The normalized spacial score (nSPS) is 16.6. The van der Waals surface area contributed by atoms with E-state index in [0.29, 0.717) is 13.2 Å². The quantitative estimate of drug-likeness (QED) is 0.447. The SMILES string of the molecule is CCOC(=O)C1CCN(C(=NC)NCC(C)Oc2ccc(OC)cc2)CC1. The minimum atomic E-state index is -0.0818. The molecule has 1 atom stereocenters. The maximum absolute atomic E-state index is 11.9. The highest BCUT2D eigenvalue weighted by atomic mass is 16.5. The van der Waals surface area contributed by atoms with Crippen molar-refractivity contribution in [2.45, 2.75) is 32.8 Å². The topological polar surface area (TPSA) is 72.4 Å². The van der Waals surface area contributed by atoms with E-state index in [1.807, 2.05) is 38.1 Å². The first kappa shape index (κ1) is 20.9. The highest BCUT2D eigenvalue weighted by molar-refractivity contribution is 5.80. The number of benzene rings is 1. The molecule has 0 saturated carbocycles. The second-order valence-electron chi connectivity index (χ2n) is 6.55. The van der Waals surface area contributed by atoms with Gasteiger partial charge in [-0.1, -0.05) is 0 Å². The molecule has 0 bridgehead atoms. The second-order valence-corrected chi connectivity index (χ2v) is 6.55. The molecule has 1 aliphatic heterocycles. The van der Waals surface area contributed by atoms with Gasteiger partial charge in [0.15, 0.2) is 5.96 Å². The second kappa shape index (κ2) is 10.6. The number of carbonyl (C=O) groups excluding carboxylic acids is 1. The molecule has 1 saturated heterocycles. The molecule has 1 aliphatic rings. The van der Waals surface area contributed by atoms with Crippen molar-refractivity contribution in [2.75, 3.05) is 40.4 Å². The molecule has 1 aromatic rings. The number of aliphatic imine (C=N–C) groups is 1. The first-order chi connectivity index (χ1) is 13.1. The molecule has 0 spiro atoms. The lowest BCUT2D eigenvalue weighted by Crippen LogP contribution is -2.48. The molecule has 0 aromatic heterocycles. The number of likely N-dealkylation sites (tertiary alicyclic amines) is 1. The Bertz CT molecular complexity index is 610. The highest BCUT2D eigenvalue weighted by Crippen LogP contribution is 2.19. The molecular formula is C20H31N3O4. The summed E-state index contributed by atoms with van der Waals surface area (Å²) >= 11 is 0. The van der Waals surface area contributed by atoms with E-state index >= 15 is 0 Å². The predicted octanol–water partition coefficient (Wildman–Crippen LogP) is 2.31. The minimum absolute atomic E-state index is 0.00312. The molecule has 150 valence electrons. The van der Waals surface area contributed by atoms with Crippen LogP contribution in [0.3, 0.4) is 0 Å². The van der Waals surface area contributed by atoms with Crippen molar-refractivity contribution in [1.29, 1.82) is 0 Å². The van der Waals surface area contributed by atoms with Gasteiger partial charge in [-0.3, -0.25) is 9.79 Å². The van der Waals surface area contributed by atoms with Crippen molar-refractivity contribution >= 4 is 11.9 Å². The van der Waals surface area contributed by atoms with Gasteiger partial charge in [0.25, 0.3) is 0 Å². The molecule has 0 aliphatic carbocycles. The number of hydrogen-bond acceptors (Lipinski definition) is 5. The van der Waals surface area contributed by atoms with E-state index in [4.69, 9.17) is 14.2 Å². The molecule has 2 rings (SSSR count). The maximum Gasteiger partial charge on any atom is 0.309 e. The number of rotatable bonds is 7. The first-order valence-corrected chi connectivity index (χ1v) is 9.50. The van der Waals surface area contributed by atoms with Gasteiger partial charge in [-0.15, -0.1) is 0 Å². The van der Waals surface area contributed by atoms with Crippen LogP contribution in [-0.4, -0.2) is 63.3 Å². The number of esters is 1. The summed E-state index contributed by atoms with van der Waals surface area (Å²) in [6.45, 7) is 6.50. The Kier molecular flexibility index (Phi) is 8.23. The van der Waals surface area contributed by atoms with Crippen molar-refractivity contribution in [3.8, 4) is 11.5 Å². The summed E-state index contributed by atoms with van der Waals surface area (Å²) < 4.78 is 16.2. The van der Waals surface area contributed by atoms with E-state index in [1.54, 1.807) is 14.2 Å². The van der Waals surface area contributed by atoms with Gasteiger partial charge in [-0.2, -0.15) is 0 Å². The first-order valence-electron chi connectivity index (χ1n) is 9.50. The van der Waals surface area contributed by atoms with Gasteiger partial charge in [0, 0.05) is 20.1 Å². The fourth-order valence-electron chi connectivity index (χ4n) is 3.08. The van der Waals surface area contributed by atoms with Crippen molar-refractivity contribution in [2.24, 2.45) is 10.9 Å². The Morgan fingerprint density at radius 3 is 2.44 bits per heavy atom. The molecular weight excluding hydrogens is 346 g/mol.